The smallest absolute Gasteiger partial charge is 0.180 e. The van der Waals surface area contributed by atoms with Gasteiger partial charge in [-0.2, -0.15) is 0 Å². The number of anilines is 1. The molecule has 0 saturated carbocycles. The standard InChI is InChI=1S/C8H9N5S2/c1-5-11-6(9-2)3-7(12-5)15-8-13-10-4-14-8/h3-4H,1-2H3,(H,9,11,12). The summed E-state index contributed by atoms with van der Waals surface area (Å²) in [7, 11) is 1.83. The molecule has 0 radical (unpaired) electrons. The zero-order valence-corrected chi connectivity index (χ0v) is 9.89. The van der Waals surface area contributed by atoms with Crippen LogP contribution < -0.4 is 5.32 Å². The van der Waals surface area contributed by atoms with E-state index >= 15 is 0 Å². The Balaban J connectivity index is 2.24. The van der Waals surface area contributed by atoms with Gasteiger partial charge in [-0.3, -0.25) is 0 Å². The van der Waals surface area contributed by atoms with Crippen LogP contribution in [0.25, 0.3) is 0 Å². The number of aromatic nitrogens is 4. The number of hydrogen-bond acceptors (Lipinski definition) is 7. The molecule has 0 amide bonds. The van der Waals surface area contributed by atoms with E-state index in [1.807, 2.05) is 20.0 Å². The lowest BCUT2D eigenvalue weighted by Gasteiger charge is -2.02. The summed E-state index contributed by atoms with van der Waals surface area (Å²) >= 11 is 2.99. The van der Waals surface area contributed by atoms with Crippen molar-refractivity contribution in [3.05, 3.63) is 17.4 Å². The average Bonchev–Trinajstić information content (AvgIpc) is 2.69. The molecule has 0 aliphatic rings. The molecule has 0 aliphatic carbocycles. The van der Waals surface area contributed by atoms with Crippen LogP contribution in [-0.2, 0) is 0 Å². The van der Waals surface area contributed by atoms with Gasteiger partial charge in [0, 0.05) is 13.1 Å². The third-order valence-electron chi connectivity index (χ3n) is 1.60. The number of hydrogen-bond donors (Lipinski definition) is 1. The average molecular weight is 239 g/mol. The highest BCUT2D eigenvalue weighted by molar-refractivity contribution is 8.00. The van der Waals surface area contributed by atoms with Gasteiger partial charge in [0.2, 0.25) is 0 Å². The van der Waals surface area contributed by atoms with E-state index in [-0.39, 0.29) is 0 Å². The summed E-state index contributed by atoms with van der Waals surface area (Å²) in [5, 5.41) is 11.6. The van der Waals surface area contributed by atoms with Gasteiger partial charge in [-0.1, -0.05) is 11.3 Å². The highest BCUT2D eigenvalue weighted by Gasteiger charge is 2.05. The summed E-state index contributed by atoms with van der Waals surface area (Å²) in [6.07, 6.45) is 0. The van der Waals surface area contributed by atoms with E-state index in [9.17, 15) is 0 Å². The van der Waals surface area contributed by atoms with Gasteiger partial charge in [0.05, 0.1) is 0 Å². The van der Waals surface area contributed by atoms with Crippen molar-refractivity contribution >= 4 is 28.9 Å². The quantitative estimate of drug-likeness (QED) is 0.824. The third kappa shape index (κ3) is 2.63. The predicted molar refractivity (Wildman–Crippen MR) is 60.3 cm³/mol. The lowest BCUT2D eigenvalue weighted by Crippen LogP contribution is -1.97. The Labute approximate surface area is 95.4 Å². The molecule has 2 rings (SSSR count). The minimum absolute atomic E-state index is 0.744. The van der Waals surface area contributed by atoms with E-state index in [1.165, 1.54) is 23.1 Å². The monoisotopic (exact) mass is 239 g/mol. The first kappa shape index (κ1) is 10.3. The maximum Gasteiger partial charge on any atom is 0.180 e. The van der Waals surface area contributed by atoms with Crippen molar-refractivity contribution in [1.82, 2.24) is 20.2 Å². The fourth-order valence-electron chi connectivity index (χ4n) is 1.02. The van der Waals surface area contributed by atoms with Gasteiger partial charge in [0.15, 0.2) is 4.34 Å². The van der Waals surface area contributed by atoms with Crippen molar-refractivity contribution < 1.29 is 0 Å². The first-order valence-electron chi connectivity index (χ1n) is 4.25. The van der Waals surface area contributed by atoms with Crippen molar-refractivity contribution in [2.24, 2.45) is 0 Å². The second-order valence-electron chi connectivity index (χ2n) is 2.70. The molecule has 2 heterocycles. The molecule has 0 atom stereocenters. The topological polar surface area (TPSA) is 63.6 Å². The van der Waals surface area contributed by atoms with E-state index in [0.717, 1.165) is 21.0 Å². The maximum absolute atomic E-state index is 4.31. The lowest BCUT2D eigenvalue weighted by atomic mass is 10.5. The van der Waals surface area contributed by atoms with Gasteiger partial charge in [-0.25, -0.2) is 9.97 Å². The number of aryl methyl sites for hydroxylation is 1. The largest absolute Gasteiger partial charge is 0.373 e. The van der Waals surface area contributed by atoms with Crippen LogP contribution in [0.15, 0.2) is 20.9 Å². The molecular formula is C8H9N5S2. The second-order valence-corrected chi connectivity index (χ2v) is 4.80. The highest BCUT2D eigenvalue weighted by atomic mass is 32.2. The molecule has 15 heavy (non-hydrogen) atoms. The molecule has 2 aromatic heterocycles. The van der Waals surface area contributed by atoms with Gasteiger partial charge >= 0.3 is 0 Å². The molecular weight excluding hydrogens is 230 g/mol. The molecule has 0 aromatic carbocycles. The van der Waals surface area contributed by atoms with Crippen LogP contribution in [0.3, 0.4) is 0 Å². The van der Waals surface area contributed by atoms with E-state index in [1.54, 1.807) is 5.51 Å². The van der Waals surface area contributed by atoms with Gasteiger partial charge < -0.3 is 5.32 Å². The van der Waals surface area contributed by atoms with Crippen molar-refractivity contribution in [2.45, 2.75) is 16.3 Å². The minimum Gasteiger partial charge on any atom is -0.373 e. The Bertz CT molecular complexity index is 442. The van der Waals surface area contributed by atoms with Gasteiger partial charge in [-0.05, 0) is 18.7 Å². The van der Waals surface area contributed by atoms with Crippen LogP contribution in [0.5, 0.6) is 0 Å². The molecule has 7 heteroatoms. The SMILES string of the molecule is CNc1cc(Sc2nncs2)nc(C)n1. The number of nitrogens with one attached hydrogen (secondary N) is 1. The van der Waals surface area contributed by atoms with Crippen LogP contribution in [0, 0.1) is 6.92 Å². The van der Waals surface area contributed by atoms with Crippen molar-refractivity contribution in [3.8, 4) is 0 Å². The summed E-state index contributed by atoms with van der Waals surface area (Å²) in [4.78, 5) is 8.52. The lowest BCUT2D eigenvalue weighted by molar-refractivity contribution is 0.961. The third-order valence-corrected chi connectivity index (χ3v) is 3.30. The summed E-state index contributed by atoms with van der Waals surface area (Å²) in [6.45, 7) is 1.87. The van der Waals surface area contributed by atoms with E-state index in [0.29, 0.717) is 0 Å². The van der Waals surface area contributed by atoms with Crippen LogP contribution >= 0.6 is 23.1 Å². The van der Waals surface area contributed by atoms with Gasteiger partial charge in [-0.15, -0.1) is 10.2 Å². The van der Waals surface area contributed by atoms with Crippen LogP contribution in [-0.4, -0.2) is 27.2 Å². The molecule has 0 unspecified atom stereocenters. The molecule has 0 fully saturated rings. The number of nitrogens with zero attached hydrogens (tertiary/aromatic N) is 4. The minimum atomic E-state index is 0.744. The van der Waals surface area contributed by atoms with Crippen molar-refractivity contribution in [2.75, 3.05) is 12.4 Å². The molecule has 2 aromatic rings. The normalized spacial score (nSPS) is 10.3. The van der Waals surface area contributed by atoms with Crippen LogP contribution in [0.2, 0.25) is 0 Å². The Morgan fingerprint density at radius 1 is 1.40 bits per heavy atom. The summed E-state index contributed by atoms with van der Waals surface area (Å²) in [6, 6.07) is 1.89. The molecule has 0 saturated heterocycles. The Morgan fingerprint density at radius 3 is 2.93 bits per heavy atom. The summed E-state index contributed by atoms with van der Waals surface area (Å²) < 4.78 is 0.884. The first-order chi connectivity index (χ1) is 7.28. The molecule has 0 bridgehead atoms. The first-order valence-corrected chi connectivity index (χ1v) is 5.95. The zero-order valence-electron chi connectivity index (χ0n) is 8.26. The fourth-order valence-corrected chi connectivity index (χ4v) is 2.49. The zero-order chi connectivity index (χ0) is 10.7. The fraction of sp³-hybridized carbons (Fsp3) is 0.250. The molecule has 1 N–H and O–H groups in total. The molecule has 5 nitrogen and oxygen atoms in total. The second kappa shape index (κ2) is 4.54. The van der Waals surface area contributed by atoms with Crippen molar-refractivity contribution in [3.63, 3.8) is 0 Å². The highest BCUT2D eigenvalue weighted by Crippen LogP contribution is 2.27. The van der Waals surface area contributed by atoms with Gasteiger partial charge in [0.25, 0.3) is 0 Å². The molecule has 0 spiro atoms. The summed E-state index contributed by atoms with van der Waals surface area (Å²) in [5.41, 5.74) is 1.70. The molecule has 78 valence electrons. The van der Waals surface area contributed by atoms with Gasteiger partial charge in [0.1, 0.15) is 22.2 Å². The van der Waals surface area contributed by atoms with E-state index in [4.69, 9.17) is 0 Å². The summed E-state index contributed by atoms with van der Waals surface area (Å²) in [5.74, 6) is 1.56. The Kier molecular flexibility index (Phi) is 3.12. The van der Waals surface area contributed by atoms with Crippen LogP contribution in [0.4, 0.5) is 5.82 Å². The Hall–Kier alpha value is -1.21. The Morgan fingerprint density at radius 2 is 2.27 bits per heavy atom. The van der Waals surface area contributed by atoms with Crippen molar-refractivity contribution in [1.29, 1.82) is 0 Å². The van der Waals surface area contributed by atoms with E-state index in [2.05, 4.69) is 25.5 Å². The number of rotatable bonds is 3. The molecule has 0 aliphatic heterocycles. The van der Waals surface area contributed by atoms with Crippen LogP contribution in [0.1, 0.15) is 5.82 Å². The maximum atomic E-state index is 4.31. The predicted octanol–water partition coefficient (Wildman–Crippen LogP) is 1.83. The van der Waals surface area contributed by atoms with E-state index < -0.39 is 0 Å².